The molecular weight excluding hydrogens is 396 g/mol. The molecule has 0 aliphatic carbocycles. The second-order valence-electron chi connectivity index (χ2n) is 7.51. The monoisotopic (exact) mass is 422 g/mol. The summed E-state index contributed by atoms with van der Waals surface area (Å²) in [6.07, 6.45) is 1.75. The van der Waals surface area contributed by atoms with Gasteiger partial charge in [-0.05, 0) is 31.5 Å². The predicted octanol–water partition coefficient (Wildman–Crippen LogP) is 3.60. The Morgan fingerprint density at radius 1 is 1.19 bits per heavy atom. The first-order valence-corrected chi connectivity index (χ1v) is 10.3. The Bertz CT molecular complexity index is 1020. The van der Waals surface area contributed by atoms with Gasteiger partial charge in [0.1, 0.15) is 11.5 Å². The van der Waals surface area contributed by atoms with E-state index in [1.165, 1.54) is 0 Å². The third kappa shape index (κ3) is 5.03. The molecule has 1 fully saturated rings. The summed E-state index contributed by atoms with van der Waals surface area (Å²) in [6.45, 7) is 2.03. The lowest BCUT2D eigenvalue weighted by Crippen LogP contribution is -2.40. The zero-order chi connectivity index (χ0) is 21.6. The van der Waals surface area contributed by atoms with E-state index in [1.54, 1.807) is 32.4 Å². The van der Waals surface area contributed by atoms with Crippen LogP contribution in [0.3, 0.4) is 0 Å². The molecule has 0 bridgehead atoms. The number of carbonyl (C=O) groups is 1. The number of hydrogen-bond donors (Lipinski definition) is 1. The number of likely N-dealkylation sites (tertiary alicyclic amines) is 1. The predicted molar refractivity (Wildman–Crippen MR) is 116 cm³/mol. The summed E-state index contributed by atoms with van der Waals surface area (Å²) >= 11 is 0. The standard InChI is InChI=1S/C23H26N4O4/c1-29-18-10-11-20(30-2)19(13-18)24-23(28)17-9-6-12-27(14-17)15-21-25-22(26-31-21)16-7-4-3-5-8-16/h3-5,7-8,10-11,13,17H,6,9,12,14-15H2,1-2H3,(H,24,28). The molecule has 1 aliphatic heterocycles. The molecule has 4 rings (SSSR count). The molecule has 0 radical (unpaired) electrons. The average Bonchev–Trinajstić information content (AvgIpc) is 3.28. The summed E-state index contributed by atoms with van der Waals surface area (Å²) in [5, 5.41) is 7.07. The molecule has 1 atom stereocenters. The van der Waals surface area contributed by atoms with Crippen molar-refractivity contribution in [3.63, 3.8) is 0 Å². The molecule has 3 aromatic rings. The van der Waals surface area contributed by atoms with Crippen molar-refractivity contribution in [2.75, 3.05) is 32.6 Å². The van der Waals surface area contributed by atoms with E-state index in [2.05, 4.69) is 20.4 Å². The molecule has 31 heavy (non-hydrogen) atoms. The minimum atomic E-state index is -0.138. The molecule has 2 heterocycles. The molecule has 1 saturated heterocycles. The van der Waals surface area contributed by atoms with Gasteiger partial charge in [0.15, 0.2) is 0 Å². The topological polar surface area (TPSA) is 89.7 Å². The number of piperidine rings is 1. The highest BCUT2D eigenvalue weighted by molar-refractivity contribution is 5.94. The average molecular weight is 422 g/mol. The van der Waals surface area contributed by atoms with Gasteiger partial charge < -0.3 is 19.3 Å². The van der Waals surface area contributed by atoms with Gasteiger partial charge in [0.25, 0.3) is 0 Å². The second kappa shape index (κ2) is 9.61. The van der Waals surface area contributed by atoms with Gasteiger partial charge in [0.05, 0.1) is 32.4 Å². The number of amides is 1. The lowest BCUT2D eigenvalue weighted by atomic mass is 9.97. The van der Waals surface area contributed by atoms with Crippen LogP contribution >= 0.6 is 0 Å². The first-order chi connectivity index (χ1) is 15.2. The summed E-state index contributed by atoms with van der Waals surface area (Å²) in [4.78, 5) is 19.6. The third-order valence-electron chi connectivity index (χ3n) is 5.40. The van der Waals surface area contributed by atoms with Gasteiger partial charge in [-0.25, -0.2) is 0 Å². The Labute approximate surface area is 181 Å². The highest BCUT2D eigenvalue weighted by Gasteiger charge is 2.27. The van der Waals surface area contributed by atoms with Crippen LogP contribution in [-0.4, -0.2) is 48.3 Å². The van der Waals surface area contributed by atoms with Crippen LogP contribution in [-0.2, 0) is 11.3 Å². The van der Waals surface area contributed by atoms with Crippen LogP contribution in [0.2, 0.25) is 0 Å². The number of aromatic nitrogens is 2. The molecule has 1 unspecified atom stereocenters. The van der Waals surface area contributed by atoms with Crippen LogP contribution in [0.1, 0.15) is 18.7 Å². The largest absolute Gasteiger partial charge is 0.497 e. The maximum atomic E-state index is 12.9. The van der Waals surface area contributed by atoms with Crippen molar-refractivity contribution in [3.05, 3.63) is 54.4 Å². The molecule has 1 aliphatic rings. The summed E-state index contributed by atoms with van der Waals surface area (Å²) in [6, 6.07) is 15.1. The van der Waals surface area contributed by atoms with Crippen molar-refractivity contribution >= 4 is 11.6 Å². The van der Waals surface area contributed by atoms with Crippen molar-refractivity contribution in [2.45, 2.75) is 19.4 Å². The zero-order valence-electron chi connectivity index (χ0n) is 17.7. The molecule has 8 heteroatoms. The van der Waals surface area contributed by atoms with Crippen molar-refractivity contribution in [3.8, 4) is 22.9 Å². The van der Waals surface area contributed by atoms with Crippen molar-refractivity contribution in [1.29, 1.82) is 0 Å². The molecule has 1 amide bonds. The van der Waals surface area contributed by atoms with E-state index in [1.807, 2.05) is 30.3 Å². The van der Waals surface area contributed by atoms with E-state index < -0.39 is 0 Å². The van der Waals surface area contributed by atoms with Crippen LogP contribution in [0, 0.1) is 5.92 Å². The van der Waals surface area contributed by atoms with Gasteiger partial charge in [0, 0.05) is 18.2 Å². The van der Waals surface area contributed by atoms with Gasteiger partial charge in [-0.1, -0.05) is 35.5 Å². The van der Waals surface area contributed by atoms with E-state index in [0.29, 0.717) is 42.0 Å². The zero-order valence-corrected chi connectivity index (χ0v) is 17.7. The fourth-order valence-electron chi connectivity index (χ4n) is 3.77. The Morgan fingerprint density at radius 2 is 2.03 bits per heavy atom. The quantitative estimate of drug-likeness (QED) is 0.622. The number of methoxy groups -OCH3 is 2. The van der Waals surface area contributed by atoms with Crippen LogP contribution < -0.4 is 14.8 Å². The van der Waals surface area contributed by atoms with E-state index in [4.69, 9.17) is 14.0 Å². The summed E-state index contributed by atoms with van der Waals surface area (Å²) in [5.41, 5.74) is 1.52. The number of benzene rings is 2. The Balaban J connectivity index is 1.39. The molecule has 8 nitrogen and oxygen atoms in total. The molecule has 0 spiro atoms. The van der Waals surface area contributed by atoms with Crippen LogP contribution in [0.25, 0.3) is 11.4 Å². The lowest BCUT2D eigenvalue weighted by Gasteiger charge is -2.31. The minimum absolute atomic E-state index is 0.0354. The lowest BCUT2D eigenvalue weighted by molar-refractivity contribution is -0.121. The van der Waals surface area contributed by atoms with Gasteiger partial charge in [-0.3, -0.25) is 9.69 Å². The molecule has 1 aromatic heterocycles. The van der Waals surface area contributed by atoms with Crippen LogP contribution in [0.5, 0.6) is 11.5 Å². The highest BCUT2D eigenvalue weighted by atomic mass is 16.5. The normalized spacial score (nSPS) is 16.6. The van der Waals surface area contributed by atoms with E-state index >= 15 is 0 Å². The maximum Gasteiger partial charge on any atom is 0.241 e. The highest BCUT2D eigenvalue weighted by Crippen LogP contribution is 2.30. The minimum Gasteiger partial charge on any atom is -0.497 e. The fraction of sp³-hybridized carbons (Fsp3) is 0.348. The van der Waals surface area contributed by atoms with Gasteiger partial charge in [-0.15, -0.1) is 0 Å². The van der Waals surface area contributed by atoms with E-state index in [0.717, 1.165) is 24.9 Å². The second-order valence-corrected chi connectivity index (χ2v) is 7.51. The van der Waals surface area contributed by atoms with Crippen molar-refractivity contribution in [1.82, 2.24) is 15.0 Å². The molecular formula is C23H26N4O4. The Morgan fingerprint density at radius 3 is 2.81 bits per heavy atom. The van der Waals surface area contributed by atoms with Crippen molar-refractivity contribution in [2.24, 2.45) is 5.92 Å². The summed E-state index contributed by atoms with van der Waals surface area (Å²) < 4.78 is 16.1. The van der Waals surface area contributed by atoms with Gasteiger partial charge >= 0.3 is 0 Å². The van der Waals surface area contributed by atoms with E-state index in [9.17, 15) is 4.79 Å². The number of nitrogens with one attached hydrogen (secondary N) is 1. The van der Waals surface area contributed by atoms with E-state index in [-0.39, 0.29) is 11.8 Å². The number of hydrogen-bond acceptors (Lipinski definition) is 7. The summed E-state index contributed by atoms with van der Waals surface area (Å²) in [5.74, 6) is 2.21. The Hall–Kier alpha value is -3.39. The van der Waals surface area contributed by atoms with Crippen molar-refractivity contribution < 1.29 is 18.8 Å². The number of ether oxygens (including phenoxy) is 2. The van der Waals surface area contributed by atoms with Gasteiger partial charge in [0.2, 0.25) is 17.6 Å². The fourth-order valence-corrected chi connectivity index (χ4v) is 3.77. The number of nitrogens with zero attached hydrogens (tertiary/aromatic N) is 3. The number of rotatable bonds is 7. The molecule has 0 saturated carbocycles. The Kier molecular flexibility index (Phi) is 6.47. The molecule has 2 aromatic carbocycles. The van der Waals surface area contributed by atoms with Gasteiger partial charge in [-0.2, -0.15) is 4.98 Å². The molecule has 1 N–H and O–H groups in total. The maximum absolute atomic E-state index is 12.9. The van der Waals surface area contributed by atoms with Crippen LogP contribution in [0.15, 0.2) is 53.1 Å². The SMILES string of the molecule is COc1ccc(OC)c(NC(=O)C2CCCN(Cc3nc(-c4ccccc4)no3)C2)c1. The smallest absolute Gasteiger partial charge is 0.241 e. The first kappa shape index (κ1) is 20.9. The summed E-state index contributed by atoms with van der Waals surface area (Å²) in [7, 11) is 3.17. The first-order valence-electron chi connectivity index (χ1n) is 10.3. The number of carbonyl (C=O) groups excluding carboxylic acids is 1. The number of anilines is 1. The third-order valence-corrected chi connectivity index (χ3v) is 5.40. The van der Waals surface area contributed by atoms with Crippen LogP contribution in [0.4, 0.5) is 5.69 Å². The molecule has 162 valence electrons.